The second-order valence-electron chi connectivity index (χ2n) is 6.82. The van der Waals surface area contributed by atoms with Gasteiger partial charge in [0, 0.05) is 18.7 Å². The molecule has 1 saturated heterocycles. The number of hydrogen-bond acceptors (Lipinski definition) is 3. The summed E-state index contributed by atoms with van der Waals surface area (Å²) in [4.78, 5) is 26.2. The van der Waals surface area contributed by atoms with Gasteiger partial charge in [0.25, 0.3) is 5.91 Å². The van der Waals surface area contributed by atoms with E-state index in [1.165, 1.54) is 0 Å². The van der Waals surface area contributed by atoms with Crippen molar-refractivity contribution in [3.63, 3.8) is 0 Å². The van der Waals surface area contributed by atoms with Gasteiger partial charge in [-0.2, -0.15) is 0 Å². The van der Waals surface area contributed by atoms with Crippen LogP contribution in [0.25, 0.3) is 0 Å². The van der Waals surface area contributed by atoms with Crippen LogP contribution in [0.3, 0.4) is 0 Å². The van der Waals surface area contributed by atoms with Crippen LogP contribution in [0.2, 0.25) is 0 Å². The Morgan fingerprint density at radius 1 is 1.35 bits per heavy atom. The summed E-state index contributed by atoms with van der Waals surface area (Å²) in [6.07, 6.45) is 1.54. The zero-order chi connectivity index (χ0) is 17.0. The van der Waals surface area contributed by atoms with Crippen molar-refractivity contribution in [3.05, 3.63) is 35.4 Å². The van der Waals surface area contributed by atoms with Gasteiger partial charge in [-0.15, -0.1) is 0 Å². The van der Waals surface area contributed by atoms with Gasteiger partial charge in [-0.05, 0) is 58.2 Å². The van der Waals surface area contributed by atoms with Crippen LogP contribution in [0.1, 0.15) is 62.5 Å². The van der Waals surface area contributed by atoms with Crippen LogP contribution >= 0.6 is 0 Å². The summed E-state index contributed by atoms with van der Waals surface area (Å²) in [6.45, 7) is 8.77. The van der Waals surface area contributed by atoms with Gasteiger partial charge in [0.15, 0.2) is 0 Å². The van der Waals surface area contributed by atoms with Crippen LogP contribution in [0.15, 0.2) is 24.3 Å². The number of likely N-dealkylation sites (tertiary alicyclic amines) is 1. The molecule has 5 heteroatoms. The van der Waals surface area contributed by atoms with Gasteiger partial charge >= 0.3 is 6.09 Å². The summed E-state index contributed by atoms with van der Waals surface area (Å²) < 4.78 is 5.50. The van der Waals surface area contributed by atoms with Gasteiger partial charge in [0.1, 0.15) is 5.60 Å². The number of nitrogens with one attached hydrogen (secondary N) is 1. The fourth-order valence-electron chi connectivity index (χ4n) is 2.80. The predicted molar refractivity (Wildman–Crippen MR) is 89.4 cm³/mol. The lowest BCUT2D eigenvalue weighted by Crippen LogP contribution is -2.36. The Hall–Kier alpha value is -2.04. The summed E-state index contributed by atoms with van der Waals surface area (Å²) in [7, 11) is 0. The SMILES string of the molecule is CCNC(=O)c1cccc(C2CCCN2C(=O)OC(C)(C)C)c1. The highest BCUT2D eigenvalue weighted by Crippen LogP contribution is 2.33. The first kappa shape index (κ1) is 17.3. The number of ether oxygens (including phenoxy) is 1. The van der Waals surface area contributed by atoms with Crippen molar-refractivity contribution in [2.45, 2.75) is 52.2 Å². The van der Waals surface area contributed by atoms with Crippen molar-refractivity contribution in [2.75, 3.05) is 13.1 Å². The molecular formula is C18H26N2O3. The van der Waals surface area contributed by atoms with Crippen LogP contribution in [0.5, 0.6) is 0 Å². The van der Waals surface area contributed by atoms with E-state index in [0.717, 1.165) is 18.4 Å². The number of amides is 2. The average Bonchev–Trinajstić information content (AvgIpc) is 2.95. The Bertz CT molecular complexity index is 578. The highest BCUT2D eigenvalue weighted by Gasteiger charge is 2.33. The lowest BCUT2D eigenvalue weighted by molar-refractivity contribution is 0.0224. The molecule has 1 unspecified atom stereocenters. The molecule has 1 N–H and O–H groups in total. The maximum absolute atomic E-state index is 12.4. The molecule has 0 spiro atoms. The molecule has 1 atom stereocenters. The number of rotatable bonds is 3. The minimum absolute atomic E-state index is 0.0285. The van der Waals surface area contributed by atoms with E-state index in [1.54, 1.807) is 11.0 Å². The van der Waals surface area contributed by atoms with Gasteiger partial charge in [-0.1, -0.05) is 12.1 Å². The van der Waals surface area contributed by atoms with Gasteiger partial charge in [0.2, 0.25) is 0 Å². The van der Waals surface area contributed by atoms with Crippen molar-refractivity contribution in [2.24, 2.45) is 0 Å². The monoisotopic (exact) mass is 318 g/mol. The highest BCUT2D eigenvalue weighted by atomic mass is 16.6. The number of benzene rings is 1. The fraction of sp³-hybridized carbons (Fsp3) is 0.556. The smallest absolute Gasteiger partial charge is 0.410 e. The molecular weight excluding hydrogens is 292 g/mol. The Balaban J connectivity index is 2.18. The predicted octanol–water partition coefficient (Wildman–Crippen LogP) is 3.51. The molecule has 0 bridgehead atoms. The maximum atomic E-state index is 12.4. The van der Waals surface area contributed by atoms with Crippen molar-refractivity contribution in [3.8, 4) is 0 Å². The van der Waals surface area contributed by atoms with Crippen molar-refractivity contribution < 1.29 is 14.3 Å². The van der Waals surface area contributed by atoms with Crippen molar-refractivity contribution in [1.29, 1.82) is 0 Å². The number of carbonyl (C=O) groups excluding carboxylic acids is 2. The van der Waals surface area contributed by atoms with E-state index in [9.17, 15) is 9.59 Å². The van der Waals surface area contributed by atoms with Gasteiger partial charge in [-0.25, -0.2) is 4.79 Å². The molecule has 1 aliphatic rings. The van der Waals surface area contributed by atoms with E-state index in [1.807, 2.05) is 45.9 Å². The molecule has 1 fully saturated rings. The quantitative estimate of drug-likeness (QED) is 0.928. The Labute approximate surface area is 138 Å². The third kappa shape index (κ3) is 4.47. The van der Waals surface area contributed by atoms with E-state index in [-0.39, 0.29) is 18.0 Å². The van der Waals surface area contributed by atoms with E-state index in [0.29, 0.717) is 18.7 Å². The third-order valence-electron chi connectivity index (χ3n) is 3.75. The van der Waals surface area contributed by atoms with Crippen LogP contribution in [0, 0.1) is 0 Å². The topological polar surface area (TPSA) is 58.6 Å². The number of nitrogens with zero attached hydrogens (tertiary/aromatic N) is 1. The first-order valence-corrected chi connectivity index (χ1v) is 8.19. The fourth-order valence-corrected chi connectivity index (χ4v) is 2.80. The molecule has 1 heterocycles. The largest absolute Gasteiger partial charge is 0.444 e. The molecule has 5 nitrogen and oxygen atoms in total. The summed E-state index contributed by atoms with van der Waals surface area (Å²) >= 11 is 0. The summed E-state index contributed by atoms with van der Waals surface area (Å²) in [5.74, 6) is -0.0869. The molecule has 1 aromatic rings. The Morgan fingerprint density at radius 2 is 2.09 bits per heavy atom. The lowest BCUT2D eigenvalue weighted by atomic mass is 10.0. The van der Waals surface area contributed by atoms with E-state index in [4.69, 9.17) is 4.74 Å². The highest BCUT2D eigenvalue weighted by molar-refractivity contribution is 5.94. The lowest BCUT2D eigenvalue weighted by Gasteiger charge is -2.29. The average molecular weight is 318 g/mol. The normalized spacial score (nSPS) is 17.9. The van der Waals surface area contributed by atoms with Crippen LogP contribution < -0.4 is 5.32 Å². The Kier molecular flexibility index (Phi) is 5.29. The molecule has 23 heavy (non-hydrogen) atoms. The van der Waals surface area contributed by atoms with Crippen LogP contribution in [-0.2, 0) is 4.74 Å². The molecule has 1 aliphatic heterocycles. The molecule has 0 saturated carbocycles. The third-order valence-corrected chi connectivity index (χ3v) is 3.75. The second kappa shape index (κ2) is 7.02. The standard InChI is InChI=1S/C18H26N2O3/c1-5-19-16(21)14-9-6-8-13(12-14)15-10-7-11-20(15)17(22)23-18(2,3)4/h6,8-9,12,15H,5,7,10-11H2,1-4H3,(H,19,21). The second-order valence-corrected chi connectivity index (χ2v) is 6.82. The van der Waals surface area contributed by atoms with Crippen LogP contribution in [-0.4, -0.2) is 35.6 Å². The molecule has 126 valence electrons. The van der Waals surface area contributed by atoms with Crippen molar-refractivity contribution in [1.82, 2.24) is 10.2 Å². The summed E-state index contributed by atoms with van der Waals surface area (Å²) in [5.41, 5.74) is 1.10. The van der Waals surface area contributed by atoms with E-state index in [2.05, 4.69) is 5.32 Å². The number of carbonyl (C=O) groups is 2. The van der Waals surface area contributed by atoms with E-state index < -0.39 is 5.60 Å². The number of hydrogen-bond donors (Lipinski definition) is 1. The minimum atomic E-state index is -0.507. The van der Waals surface area contributed by atoms with Crippen LogP contribution in [0.4, 0.5) is 4.79 Å². The molecule has 0 aliphatic carbocycles. The molecule has 0 radical (unpaired) electrons. The van der Waals surface area contributed by atoms with Gasteiger partial charge in [-0.3, -0.25) is 4.79 Å². The molecule has 2 amide bonds. The minimum Gasteiger partial charge on any atom is -0.444 e. The zero-order valence-corrected chi connectivity index (χ0v) is 14.4. The van der Waals surface area contributed by atoms with Gasteiger partial charge < -0.3 is 15.0 Å². The van der Waals surface area contributed by atoms with E-state index >= 15 is 0 Å². The van der Waals surface area contributed by atoms with Gasteiger partial charge in [0.05, 0.1) is 6.04 Å². The zero-order valence-electron chi connectivity index (χ0n) is 14.4. The molecule has 1 aromatic carbocycles. The first-order valence-electron chi connectivity index (χ1n) is 8.19. The summed E-state index contributed by atoms with van der Waals surface area (Å²) in [5, 5.41) is 2.80. The Morgan fingerprint density at radius 3 is 2.74 bits per heavy atom. The molecule has 0 aromatic heterocycles. The first-order chi connectivity index (χ1) is 10.8. The maximum Gasteiger partial charge on any atom is 0.410 e. The molecule has 2 rings (SSSR count). The summed E-state index contributed by atoms with van der Waals surface area (Å²) in [6, 6.07) is 7.47. The van der Waals surface area contributed by atoms with Crippen molar-refractivity contribution >= 4 is 12.0 Å².